The van der Waals surface area contributed by atoms with Crippen LogP contribution < -0.4 is 5.73 Å². The Kier molecular flexibility index (Phi) is 7.47. The SMILES string of the molecule is C=NC1=CCC(C(CN)CCC2=CC[C@@H](CN3CCN(C)C3)CC2)CC1. The molecule has 0 saturated carbocycles. The second kappa shape index (κ2) is 9.82. The average Bonchev–Trinajstić information content (AvgIpc) is 3.09. The van der Waals surface area contributed by atoms with Crippen LogP contribution in [-0.4, -0.2) is 56.4 Å². The van der Waals surface area contributed by atoms with Gasteiger partial charge < -0.3 is 5.73 Å². The van der Waals surface area contributed by atoms with Crippen LogP contribution in [0.4, 0.5) is 0 Å². The number of allylic oxidation sites excluding steroid dienone is 4. The van der Waals surface area contributed by atoms with E-state index in [2.05, 4.69) is 40.7 Å². The highest BCUT2D eigenvalue weighted by molar-refractivity contribution is 5.29. The molecule has 1 heterocycles. The van der Waals surface area contributed by atoms with Crippen molar-refractivity contribution in [3.05, 3.63) is 23.4 Å². The van der Waals surface area contributed by atoms with Crippen LogP contribution in [0.2, 0.25) is 0 Å². The molecule has 146 valence electrons. The molecule has 0 aromatic carbocycles. The van der Waals surface area contributed by atoms with Gasteiger partial charge in [0.2, 0.25) is 0 Å². The molecule has 0 bridgehead atoms. The van der Waals surface area contributed by atoms with Crippen LogP contribution in [0.3, 0.4) is 0 Å². The summed E-state index contributed by atoms with van der Waals surface area (Å²) < 4.78 is 0. The summed E-state index contributed by atoms with van der Waals surface area (Å²) in [5.74, 6) is 2.27. The van der Waals surface area contributed by atoms with E-state index in [9.17, 15) is 0 Å². The zero-order valence-corrected chi connectivity index (χ0v) is 16.7. The van der Waals surface area contributed by atoms with E-state index in [0.717, 1.165) is 37.9 Å². The molecule has 0 radical (unpaired) electrons. The minimum atomic E-state index is 0.663. The first-order chi connectivity index (χ1) is 12.7. The lowest BCUT2D eigenvalue weighted by Crippen LogP contribution is -2.29. The van der Waals surface area contributed by atoms with Crippen molar-refractivity contribution < 1.29 is 0 Å². The predicted octanol–water partition coefficient (Wildman–Crippen LogP) is 3.66. The van der Waals surface area contributed by atoms with E-state index in [1.165, 1.54) is 63.9 Å². The fourth-order valence-corrected chi connectivity index (χ4v) is 4.97. The van der Waals surface area contributed by atoms with E-state index in [4.69, 9.17) is 5.73 Å². The zero-order chi connectivity index (χ0) is 18.4. The van der Waals surface area contributed by atoms with Gasteiger partial charge >= 0.3 is 0 Å². The van der Waals surface area contributed by atoms with Crippen LogP contribution in [0.1, 0.15) is 51.4 Å². The second-order valence-corrected chi connectivity index (χ2v) is 8.72. The van der Waals surface area contributed by atoms with Gasteiger partial charge in [-0.15, -0.1) is 0 Å². The van der Waals surface area contributed by atoms with Gasteiger partial charge in [0.15, 0.2) is 0 Å². The highest BCUT2D eigenvalue weighted by atomic mass is 15.4. The highest BCUT2D eigenvalue weighted by Crippen LogP contribution is 2.34. The fourth-order valence-electron chi connectivity index (χ4n) is 4.97. The maximum absolute atomic E-state index is 6.13. The zero-order valence-electron chi connectivity index (χ0n) is 16.7. The Morgan fingerprint density at radius 1 is 1.23 bits per heavy atom. The minimum absolute atomic E-state index is 0.663. The maximum Gasteiger partial charge on any atom is 0.0504 e. The normalized spacial score (nSPS) is 29.3. The van der Waals surface area contributed by atoms with Gasteiger partial charge in [0.1, 0.15) is 0 Å². The van der Waals surface area contributed by atoms with Gasteiger partial charge in [0.05, 0.1) is 6.67 Å². The third-order valence-electron chi connectivity index (χ3n) is 6.81. The molecule has 1 fully saturated rings. The standard InChI is InChI=1S/C22H38N4/c1-24-22-11-9-20(10-12-22)21(15-23)8-7-18-3-5-19(6-4-18)16-26-14-13-25(2)17-26/h3,11,19-21H,1,4-10,12-17,23H2,2H3/t19-,20?,21?/m1/s1. The van der Waals surface area contributed by atoms with Crippen molar-refractivity contribution in [2.24, 2.45) is 28.5 Å². The summed E-state index contributed by atoms with van der Waals surface area (Å²) in [5, 5.41) is 0. The van der Waals surface area contributed by atoms with Gasteiger partial charge in [-0.25, -0.2) is 0 Å². The molecule has 1 aliphatic heterocycles. The van der Waals surface area contributed by atoms with E-state index < -0.39 is 0 Å². The minimum Gasteiger partial charge on any atom is -0.330 e. The van der Waals surface area contributed by atoms with Crippen LogP contribution in [0.25, 0.3) is 0 Å². The van der Waals surface area contributed by atoms with Crippen molar-refractivity contribution in [3.8, 4) is 0 Å². The molecule has 0 aromatic rings. The van der Waals surface area contributed by atoms with Crippen LogP contribution in [0.15, 0.2) is 28.4 Å². The first-order valence-electron chi connectivity index (χ1n) is 10.6. The van der Waals surface area contributed by atoms with E-state index in [-0.39, 0.29) is 0 Å². The average molecular weight is 359 g/mol. The van der Waals surface area contributed by atoms with Crippen LogP contribution in [0, 0.1) is 17.8 Å². The molecular formula is C22H38N4. The quantitative estimate of drug-likeness (QED) is 0.532. The first kappa shape index (κ1) is 19.8. The van der Waals surface area contributed by atoms with Crippen molar-refractivity contribution in [3.63, 3.8) is 0 Å². The van der Waals surface area contributed by atoms with Gasteiger partial charge in [0, 0.05) is 25.3 Å². The molecule has 4 heteroatoms. The highest BCUT2D eigenvalue weighted by Gasteiger charge is 2.25. The van der Waals surface area contributed by atoms with Crippen LogP contribution in [0.5, 0.6) is 0 Å². The summed E-state index contributed by atoms with van der Waals surface area (Å²) in [6.07, 6.45) is 14.8. The van der Waals surface area contributed by atoms with Crippen molar-refractivity contribution in [2.75, 3.05) is 39.9 Å². The van der Waals surface area contributed by atoms with E-state index >= 15 is 0 Å². The summed E-state index contributed by atoms with van der Waals surface area (Å²) in [6.45, 7) is 9.41. The van der Waals surface area contributed by atoms with Crippen LogP contribution >= 0.6 is 0 Å². The summed E-state index contributed by atoms with van der Waals surface area (Å²) in [4.78, 5) is 9.14. The van der Waals surface area contributed by atoms with Crippen molar-refractivity contribution in [1.82, 2.24) is 9.80 Å². The molecule has 2 unspecified atom stereocenters. The molecule has 3 atom stereocenters. The molecule has 1 saturated heterocycles. The monoisotopic (exact) mass is 358 g/mol. The molecule has 3 rings (SSSR count). The molecule has 3 aliphatic rings. The summed E-state index contributed by atoms with van der Waals surface area (Å²) in [5.41, 5.74) is 9.00. The predicted molar refractivity (Wildman–Crippen MR) is 111 cm³/mol. The Hall–Kier alpha value is -0.970. The second-order valence-electron chi connectivity index (χ2n) is 8.72. The number of hydrogen-bond acceptors (Lipinski definition) is 4. The number of nitrogens with two attached hydrogens (primary N) is 1. The molecule has 0 amide bonds. The molecule has 2 N–H and O–H groups in total. The van der Waals surface area contributed by atoms with Gasteiger partial charge in [-0.05, 0) is 89.4 Å². The number of hydrogen-bond donors (Lipinski definition) is 1. The molecule has 0 aromatic heterocycles. The topological polar surface area (TPSA) is 44.9 Å². The van der Waals surface area contributed by atoms with E-state index in [1.807, 2.05) is 0 Å². The van der Waals surface area contributed by atoms with Crippen molar-refractivity contribution >= 4 is 6.72 Å². The van der Waals surface area contributed by atoms with E-state index in [0.29, 0.717) is 5.92 Å². The third kappa shape index (κ3) is 5.51. The third-order valence-corrected chi connectivity index (χ3v) is 6.81. The summed E-state index contributed by atoms with van der Waals surface area (Å²) >= 11 is 0. The number of rotatable bonds is 8. The summed E-state index contributed by atoms with van der Waals surface area (Å²) in [7, 11) is 2.23. The molecule has 0 spiro atoms. The Labute approximate surface area is 160 Å². The molecule has 2 aliphatic carbocycles. The lowest BCUT2D eigenvalue weighted by atomic mass is 9.78. The fraction of sp³-hybridized carbons (Fsp3) is 0.773. The molecule has 26 heavy (non-hydrogen) atoms. The number of aliphatic imine (C=N–C) groups is 1. The maximum atomic E-state index is 6.13. The smallest absolute Gasteiger partial charge is 0.0504 e. The number of likely N-dealkylation sites (N-methyl/N-ethyl adjacent to an activating group) is 1. The van der Waals surface area contributed by atoms with Gasteiger partial charge in [-0.2, -0.15) is 0 Å². The van der Waals surface area contributed by atoms with E-state index in [1.54, 1.807) is 5.57 Å². The van der Waals surface area contributed by atoms with Gasteiger partial charge in [-0.1, -0.05) is 17.7 Å². The van der Waals surface area contributed by atoms with Gasteiger partial charge in [-0.3, -0.25) is 14.8 Å². The summed E-state index contributed by atoms with van der Waals surface area (Å²) in [6, 6.07) is 0. The van der Waals surface area contributed by atoms with Gasteiger partial charge in [0.25, 0.3) is 0 Å². The van der Waals surface area contributed by atoms with Crippen molar-refractivity contribution in [1.29, 1.82) is 0 Å². The Bertz CT molecular complexity index is 524. The Morgan fingerprint density at radius 3 is 2.69 bits per heavy atom. The molecular weight excluding hydrogens is 320 g/mol. The molecule has 4 nitrogen and oxygen atoms in total. The first-order valence-corrected chi connectivity index (χ1v) is 10.6. The Morgan fingerprint density at radius 2 is 2.12 bits per heavy atom. The largest absolute Gasteiger partial charge is 0.330 e. The van der Waals surface area contributed by atoms with Crippen molar-refractivity contribution in [2.45, 2.75) is 51.4 Å². The lowest BCUT2D eigenvalue weighted by molar-refractivity contribution is 0.227. The number of nitrogens with zero attached hydrogens (tertiary/aromatic N) is 3. The Balaban J connectivity index is 1.40. The van der Waals surface area contributed by atoms with Crippen LogP contribution in [-0.2, 0) is 0 Å². The lowest BCUT2D eigenvalue weighted by Gasteiger charge is -2.30.